The number of rotatable bonds is 6. The number of benzene rings is 2. The van der Waals surface area contributed by atoms with Crippen molar-refractivity contribution in [3.05, 3.63) is 71.5 Å². The van der Waals surface area contributed by atoms with Gasteiger partial charge < -0.3 is 16.0 Å². The number of hydrogen-bond acceptors (Lipinski definition) is 7. The molecule has 3 N–H and O–H groups in total. The molecule has 0 radical (unpaired) electrons. The van der Waals surface area contributed by atoms with Crippen LogP contribution in [0.25, 0.3) is 12.2 Å². The van der Waals surface area contributed by atoms with Gasteiger partial charge in [-0.3, -0.25) is 4.79 Å². The second kappa shape index (κ2) is 9.36. The van der Waals surface area contributed by atoms with Crippen LogP contribution in [0.1, 0.15) is 29.5 Å². The summed E-state index contributed by atoms with van der Waals surface area (Å²) in [6, 6.07) is 12.5. The second-order valence-corrected chi connectivity index (χ2v) is 10.6. The average Bonchev–Trinajstić information content (AvgIpc) is 3.25. The lowest BCUT2D eigenvalue weighted by molar-refractivity contribution is -0.115. The van der Waals surface area contributed by atoms with E-state index in [0.29, 0.717) is 35.8 Å². The first-order valence-corrected chi connectivity index (χ1v) is 12.8. The van der Waals surface area contributed by atoms with E-state index in [-0.39, 0.29) is 11.2 Å². The molecule has 8 nitrogen and oxygen atoms in total. The summed E-state index contributed by atoms with van der Waals surface area (Å²) in [6.45, 7) is 1.47. The van der Waals surface area contributed by atoms with Gasteiger partial charge in [0.15, 0.2) is 9.84 Å². The topological polar surface area (TPSA) is 113 Å². The van der Waals surface area contributed by atoms with Gasteiger partial charge in [0.2, 0.25) is 11.9 Å². The molecule has 0 spiro atoms. The average molecular weight is 476 g/mol. The number of piperidine rings is 1. The summed E-state index contributed by atoms with van der Waals surface area (Å²) < 4.78 is 25.7. The van der Waals surface area contributed by atoms with Crippen LogP contribution in [0, 0.1) is 0 Å². The van der Waals surface area contributed by atoms with Gasteiger partial charge in [-0.05, 0) is 67.4 Å². The van der Waals surface area contributed by atoms with Crippen molar-refractivity contribution in [1.29, 1.82) is 0 Å². The smallest absolute Gasteiger partial charge is 0.228 e. The third-order valence-electron chi connectivity index (χ3n) is 6.11. The molecule has 3 heterocycles. The van der Waals surface area contributed by atoms with Crippen molar-refractivity contribution in [3.8, 4) is 0 Å². The Hall–Kier alpha value is -3.56. The van der Waals surface area contributed by atoms with E-state index in [1.165, 1.54) is 0 Å². The van der Waals surface area contributed by atoms with Crippen molar-refractivity contribution in [1.82, 2.24) is 15.3 Å². The first-order chi connectivity index (χ1) is 16.5. The van der Waals surface area contributed by atoms with E-state index in [1.54, 1.807) is 36.7 Å². The number of carbonyl (C=O) groups excluding carboxylic acids is 1. The van der Waals surface area contributed by atoms with Crippen molar-refractivity contribution in [2.24, 2.45) is 0 Å². The Morgan fingerprint density at radius 3 is 2.44 bits per heavy atom. The quantitative estimate of drug-likeness (QED) is 0.501. The Labute approximate surface area is 198 Å². The largest absolute Gasteiger partial charge is 0.326 e. The predicted octanol–water partition coefficient (Wildman–Crippen LogP) is 3.41. The van der Waals surface area contributed by atoms with Crippen LogP contribution in [0.5, 0.6) is 0 Å². The Morgan fingerprint density at radius 1 is 0.971 bits per heavy atom. The minimum Gasteiger partial charge on any atom is -0.326 e. The van der Waals surface area contributed by atoms with Crippen molar-refractivity contribution in [2.75, 3.05) is 23.7 Å². The highest BCUT2D eigenvalue weighted by atomic mass is 32.2. The molecular formula is C25H25N5O3S. The van der Waals surface area contributed by atoms with E-state index in [2.05, 4.69) is 25.9 Å². The first kappa shape index (κ1) is 22.2. The number of aromatic nitrogens is 2. The van der Waals surface area contributed by atoms with Gasteiger partial charge in [-0.2, -0.15) is 0 Å². The summed E-state index contributed by atoms with van der Waals surface area (Å²) in [7, 11) is -3.32. The summed E-state index contributed by atoms with van der Waals surface area (Å²) in [5.41, 5.74) is 4.37. The normalized spacial score (nSPS) is 16.4. The fraction of sp³-hybridized carbons (Fsp3) is 0.240. The van der Waals surface area contributed by atoms with E-state index in [4.69, 9.17) is 0 Å². The third kappa shape index (κ3) is 4.71. The highest BCUT2D eigenvalue weighted by Gasteiger charge is 2.28. The van der Waals surface area contributed by atoms with Crippen molar-refractivity contribution >= 4 is 45.2 Å². The lowest BCUT2D eigenvalue weighted by Crippen LogP contribution is -2.35. The summed E-state index contributed by atoms with van der Waals surface area (Å²) in [5, 5.41) is 8.83. The van der Waals surface area contributed by atoms with Crippen molar-refractivity contribution < 1.29 is 13.2 Å². The van der Waals surface area contributed by atoms with Gasteiger partial charge >= 0.3 is 0 Å². The molecule has 2 aliphatic rings. The Balaban J connectivity index is 1.24. The van der Waals surface area contributed by atoms with Crippen molar-refractivity contribution in [3.63, 3.8) is 0 Å². The Bertz CT molecular complexity index is 1330. The number of amides is 1. The van der Waals surface area contributed by atoms with Gasteiger partial charge in [0.1, 0.15) is 0 Å². The number of nitrogens with one attached hydrogen (secondary N) is 3. The highest BCUT2D eigenvalue weighted by molar-refractivity contribution is 7.92. The van der Waals surface area contributed by atoms with Gasteiger partial charge in [-0.15, -0.1) is 0 Å². The van der Waals surface area contributed by atoms with Gasteiger partial charge in [-0.25, -0.2) is 18.4 Å². The molecule has 0 bridgehead atoms. The molecule has 0 unspecified atom stereocenters. The number of fused-ring (bicyclic) bond motifs is 1. The van der Waals surface area contributed by atoms with Crippen LogP contribution in [0.2, 0.25) is 0 Å². The van der Waals surface area contributed by atoms with E-state index in [0.717, 1.165) is 35.5 Å². The van der Waals surface area contributed by atoms with E-state index in [1.807, 2.05) is 30.4 Å². The molecule has 0 aliphatic carbocycles. The van der Waals surface area contributed by atoms with Gasteiger partial charge in [-0.1, -0.05) is 24.3 Å². The summed E-state index contributed by atoms with van der Waals surface area (Å²) >= 11 is 0. The Morgan fingerprint density at radius 2 is 1.71 bits per heavy atom. The number of sulfone groups is 1. The molecular weight excluding hydrogens is 450 g/mol. The van der Waals surface area contributed by atoms with Crippen LogP contribution >= 0.6 is 0 Å². The van der Waals surface area contributed by atoms with Crippen LogP contribution in [-0.2, 0) is 21.1 Å². The summed E-state index contributed by atoms with van der Waals surface area (Å²) in [4.78, 5) is 20.7. The standard InChI is InChI=1S/C25H25N5O3S/c31-24-14-22-18(2-1-3-23(22)30-24)5-4-17-15-27-25(28-16-17)29-19-6-8-20(9-7-19)34(32,33)21-10-12-26-13-11-21/h1-9,15-16,21,26H,10-14H2,(H,30,31)(H,27,28,29). The molecule has 1 aromatic heterocycles. The number of hydrogen-bond donors (Lipinski definition) is 3. The zero-order chi connectivity index (χ0) is 23.5. The summed E-state index contributed by atoms with van der Waals surface area (Å²) in [5.74, 6) is 0.424. The molecule has 34 heavy (non-hydrogen) atoms. The van der Waals surface area contributed by atoms with E-state index >= 15 is 0 Å². The molecule has 3 aromatic rings. The zero-order valence-electron chi connectivity index (χ0n) is 18.5. The van der Waals surface area contributed by atoms with Crippen molar-refractivity contribution in [2.45, 2.75) is 29.4 Å². The number of nitrogens with zero attached hydrogens (tertiary/aromatic N) is 2. The lowest BCUT2D eigenvalue weighted by Gasteiger charge is -2.22. The molecule has 174 valence electrons. The lowest BCUT2D eigenvalue weighted by atomic mass is 10.0. The maximum absolute atomic E-state index is 12.8. The SMILES string of the molecule is O=C1Cc2c(C=Cc3cnc(Nc4ccc(S(=O)(=O)C5CCNCC5)cc4)nc3)cccc2N1. The molecule has 5 rings (SSSR count). The summed E-state index contributed by atoms with van der Waals surface area (Å²) in [6.07, 6.45) is 8.92. The van der Waals surface area contributed by atoms with E-state index < -0.39 is 9.84 Å². The molecule has 0 saturated carbocycles. The molecule has 1 amide bonds. The van der Waals surface area contributed by atoms with Crippen LogP contribution in [-0.4, -0.2) is 42.6 Å². The molecule has 1 fully saturated rings. The zero-order valence-corrected chi connectivity index (χ0v) is 19.3. The monoisotopic (exact) mass is 475 g/mol. The molecule has 2 aliphatic heterocycles. The molecule has 0 atom stereocenters. The minimum absolute atomic E-state index is 0.00605. The van der Waals surface area contributed by atoms with E-state index in [9.17, 15) is 13.2 Å². The molecule has 2 aromatic carbocycles. The van der Waals surface area contributed by atoms with Crippen LogP contribution in [0.3, 0.4) is 0 Å². The maximum Gasteiger partial charge on any atom is 0.228 e. The first-order valence-electron chi connectivity index (χ1n) is 11.2. The van der Waals surface area contributed by atoms with Gasteiger partial charge in [0.25, 0.3) is 0 Å². The van der Waals surface area contributed by atoms with Gasteiger partial charge in [0.05, 0.1) is 16.6 Å². The molecule has 9 heteroatoms. The minimum atomic E-state index is -3.32. The number of anilines is 3. The maximum atomic E-state index is 12.8. The predicted molar refractivity (Wildman–Crippen MR) is 133 cm³/mol. The fourth-order valence-electron chi connectivity index (χ4n) is 4.26. The van der Waals surface area contributed by atoms with Crippen LogP contribution < -0.4 is 16.0 Å². The second-order valence-electron chi connectivity index (χ2n) is 8.42. The van der Waals surface area contributed by atoms with Crippen LogP contribution in [0.4, 0.5) is 17.3 Å². The highest BCUT2D eigenvalue weighted by Crippen LogP contribution is 2.28. The Kier molecular flexibility index (Phi) is 6.12. The van der Waals surface area contributed by atoms with Gasteiger partial charge in [0, 0.05) is 29.3 Å². The third-order valence-corrected chi connectivity index (χ3v) is 8.39. The molecule has 1 saturated heterocycles. The number of carbonyl (C=O) groups is 1. The van der Waals surface area contributed by atoms with Crippen LogP contribution in [0.15, 0.2) is 59.8 Å². The fourth-order valence-corrected chi connectivity index (χ4v) is 6.02.